The Kier molecular flexibility index (Phi) is 6.47. The molecule has 0 aliphatic heterocycles. The van der Waals surface area contributed by atoms with Gasteiger partial charge in [0.2, 0.25) is 5.91 Å². The normalized spacial score (nSPS) is 10.4. The summed E-state index contributed by atoms with van der Waals surface area (Å²) in [4.78, 5) is 36.9. The second-order valence-corrected chi connectivity index (χ2v) is 4.29. The highest BCUT2D eigenvalue weighted by Gasteiger charge is 2.12. The van der Waals surface area contributed by atoms with Crippen LogP contribution in [0.1, 0.15) is 13.3 Å². The molecule has 0 fully saturated rings. The summed E-state index contributed by atoms with van der Waals surface area (Å²) in [5.41, 5.74) is 4.70. The van der Waals surface area contributed by atoms with Gasteiger partial charge in [-0.3, -0.25) is 19.1 Å². The Hall–Kier alpha value is -2.29. The Balaban J connectivity index is 2.84. The number of nitrogens with one attached hydrogen (secondary N) is 3. The summed E-state index contributed by atoms with van der Waals surface area (Å²) >= 11 is 0. The molecule has 0 atom stereocenters. The van der Waals surface area contributed by atoms with Crippen molar-refractivity contribution < 1.29 is 9.53 Å². The third kappa shape index (κ3) is 4.63. The van der Waals surface area contributed by atoms with E-state index in [1.54, 1.807) is 0 Å². The van der Waals surface area contributed by atoms with E-state index in [0.717, 1.165) is 0 Å². The fourth-order valence-corrected chi connectivity index (χ4v) is 1.75. The van der Waals surface area contributed by atoms with Crippen molar-refractivity contribution in [3.63, 3.8) is 0 Å². The summed E-state index contributed by atoms with van der Waals surface area (Å²) in [6.07, 6.45) is 0.198. The molecule has 0 unspecified atom stereocenters. The Bertz CT molecular complexity index is 592. The van der Waals surface area contributed by atoms with E-state index in [4.69, 9.17) is 10.5 Å². The predicted molar refractivity (Wildman–Crippen MR) is 79.4 cm³/mol. The lowest BCUT2D eigenvalue weighted by Crippen LogP contribution is -2.35. The second kappa shape index (κ2) is 8.10. The van der Waals surface area contributed by atoms with Crippen LogP contribution in [0, 0.1) is 0 Å². The third-order valence-corrected chi connectivity index (χ3v) is 2.79. The van der Waals surface area contributed by atoms with Gasteiger partial charge < -0.3 is 21.1 Å². The van der Waals surface area contributed by atoms with Gasteiger partial charge in [0.15, 0.2) is 0 Å². The maximum atomic E-state index is 11.7. The monoisotopic (exact) mass is 299 g/mol. The van der Waals surface area contributed by atoms with Gasteiger partial charge in [-0.25, -0.2) is 4.79 Å². The molecule has 0 saturated heterocycles. The molecule has 0 aromatic carbocycles. The van der Waals surface area contributed by atoms with Crippen molar-refractivity contribution in [2.24, 2.45) is 0 Å². The fourth-order valence-electron chi connectivity index (χ4n) is 1.75. The Labute approximate surface area is 121 Å². The van der Waals surface area contributed by atoms with Crippen LogP contribution in [0.25, 0.3) is 0 Å². The van der Waals surface area contributed by atoms with E-state index in [9.17, 15) is 14.4 Å². The number of aromatic nitrogens is 2. The van der Waals surface area contributed by atoms with Crippen molar-refractivity contribution in [1.29, 1.82) is 0 Å². The molecule has 0 bridgehead atoms. The number of hydrogen-bond donors (Lipinski definition) is 4. The highest BCUT2D eigenvalue weighted by Crippen LogP contribution is 2.09. The molecule has 0 radical (unpaired) electrons. The highest BCUT2D eigenvalue weighted by atomic mass is 16.5. The third-order valence-electron chi connectivity index (χ3n) is 2.79. The first-order valence-corrected chi connectivity index (χ1v) is 6.63. The maximum absolute atomic E-state index is 11.7. The zero-order chi connectivity index (χ0) is 15.8. The predicted octanol–water partition coefficient (Wildman–Crippen LogP) is -1.30. The molecule has 5 N–H and O–H groups in total. The number of carbonyl (C=O) groups excluding carboxylic acids is 1. The van der Waals surface area contributed by atoms with Crippen molar-refractivity contribution in [1.82, 2.24) is 14.9 Å². The van der Waals surface area contributed by atoms with Crippen LogP contribution in [0.5, 0.6) is 0 Å². The van der Waals surface area contributed by atoms with Crippen molar-refractivity contribution in [3.05, 3.63) is 20.8 Å². The second-order valence-electron chi connectivity index (χ2n) is 4.29. The molecule has 1 aromatic rings. The number of anilines is 2. The van der Waals surface area contributed by atoms with Crippen LogP contribution >= 0.6 is 0 Å². The van der Waals surface area contributed by atoms with Crippen LogP contribution in [0.3, 0.4) is 0 Å². The van der Waals surface area contributed by atoms with Gasteiger partial charge in [0, 0.05) is 26.6 Å². The summed E-state index contributed by atoms with van der Waals surface area (Å²) in [7, 11) is 1.50. The standard InChI is InChI=1S/C12H21N5O4/c1-3-14-8(18)4-5-15-9-10(13)17(6-7-21-2)12(20)16-11(9)19/h15H,3-7,13H2,1-2H3,(H,14,18)(H,16,19,20). The SMILES string of the molecule is CCNC(=O)CCNc1c(N)n(CCOC)c(=O)[nH]c1=O. The average molecular weight is 299 g/mol. The first-order valence-electron chi connectivity index (χ1n) is 6.63. The number of aromatic amines is 1. The minimum absolute atomic E-state index is 0.0247. The van der Waals surface area contributed by atoms with E-state index in [1.165, 1.54) is 11.7 Å². The van der Waals surface area contributed by atoms with Gasteiger partial charge in [-0.1, -0.05) is 0 Å². The van der Waals surface area contributed by atoms with Gasteiger partial charge in [0.25, 0.3) is 5.56 Å². The number of nitrogens with two attached hydrogens (primary N) is 1. The molecule has 9 nitrogen and oxygen atoms in total. The summed E-state index contributed by atoms with van der Waals surface area (Å²) in [5, 5.41) is 5.43. The zero-order valence-electron chi connectivity index (χ0n) is 12.2. The van der Waals surface area contributed by atoms with Gasteiger partial charge in [-0.15, -0.1) is 0 Å². The van der Waals surface area contributed by atoms with Crippen LogP contribution in [-0.2, 0) is 16.1 Å². The van der Waals surface area contributed by atoms with Gasteiger partial charge in [-0.05, 0) is 6.92 Å². The highest BCUT2D eigenvalue weighted by molar-refractivity contribution is 5.76. The summed E-state index contributed by atoms with van der Waals surface area (Å²) in [6.45, 7) is 3.11. The van der Waals surface area contributed by atoms with E-state index in [1.807, 2.05) is 6.92 Å². The molecule has 1 heterocycles. The number of carbonyl (C=O) groups is 1. The number of amides is 1. The number of nitrogen functional groups attached to an aromatic ring is 1. The Morgan fingerprint density at radius 3 is 2.76 bits per heavy atom. The molecule has 118 valence electrons. The maximum Gasteiger partial charge on any atom is 0.330 e. The molecule has 1 amide bonds. The zero-order valence-corrected chi connectivity index (χ0v) is 12.2. The molecule has 1 rings (SSSR count). The molecule has 9 heteroatoms. The smallest absolute Gasteiger partial charge is 0.330 e. The van der Waals surface area contributed by atoms with Gasteiger partial charge in [0.05, 0.1) is 13.2 Å². The number of methoxy groups -OCH3 is 1. The van der Waals surface area contributed by atoms with Crippen molar-refractivity contribution in [3.8, 4) is 0 Å². The summed E-state index contributed by atoms with van der Waals surface area (Å²) < 4.78 is 6.09. The number of H-pyrrole nitrogens is 1. The lowest BCUT2D eigenvalue weighted by atomic mass is 10.3. The van der Waals surface area contributed by atoms with E-state index < -0.39 is 11.2 Å². The number of rotatable bonds is 8. The largest absolute Gasteiger partial charge is 0.383 e. The van der Waals surface area contributed by atoms with Crippen LogP contribution < -0.4 is 27.6 Å². The van der Waals surface area contributed by atoms with Crippen LogP contribution in [0.15, 0.2) is 9.59 Å². The molecule has 21 heavy (non-hydrogen) atoms. The van der Waals surface area contributed by atoms with Crippen LogP contribution in [0.4, 0.5) is 11.5 Å². The van der Waals surface area contributed by atoms with Crippen LogP contribution in [0.2, 0.25) is 0 Å². The van der Waals surface area contributed by atoms with Gasteiger partial charge in [-0.2, -0.15) is 0 Å². The van der Waals surface area contributed by atoms with Crippen LogP contribution in [-0.4, -0.2) is 42.3 Å². The molecular formula is C12H21N5O4. The number of nitrogens with zero attached hydrogens (tertiary/aromatic N) is 1. The van der Waals surface area contributed by atoms with E-state index in [0.29, 0.717) is 6.54 Å². The van der Waals surface area contributed by atoms with E-state index in [2.05, 4.69) is 15.6 Å². The van der Waals surface area contributed by atoms with E-state index >= 15 is 0 Å². The van der Waals surface area contributed by atoms with Crippen molar-refractivity contribution in [2.45, 2.75) is 19.9 Å². The van der Waals surface area contributed by atoms with Gasteiger partial charge in [0.1, 0.15) is 11.5 Å². The molecule has 0 saturated carbocycles. The molecule has 1 aromatic heterocycles. The van der Waals surface area contributed by atoms with Gasteiger partial charge >= 0.3 is 5.69 Å². The minimum atomic E-state index is -0.609. The topological polar surface area (TPSA) is 131 Å². The van der Waals surface area contributed by atoms with Crippen molar-refractivity contribution >= 4 is 17.4 Å². The Morgan fingerprint density at radius 2 is 2.14 bits per heavy atom. The quantitative estimate of drug-likeness (QED) is 0.472. The minimum Gasteiger partial charge on any atom is -0.383 e. The molecule has 0 spiro atoms. The number of hydrogen-bond acceptors (Lipinski definition) is 6. The summed E-state index contributed by atoms with van der Waals surface area (Å²) in [5.74, 6) is -0.107. The number of ether oxygens (including phenoxy) is 1. The molecule has 0 aliphatic carbocycles. The first kappa shape index (κ1) is 16.8. The lowest BCUT2D eigenvalue weighted by molar-refractivity contribution is -0.120. The molecule has 0 aliphatic rings. The Morgan fingerprint density at radius 1 is 1.43 bits per heavy atom. The first-order chi connectivity index (χ1) is 10.0. The summed E-state index contributed by atoms with van der Waals surface area (Å²) in [6, 6.07) is 0. The van der Waals surface area contributed by atoms with E-state index in [-0.39, 0.29) is 43.5 Å². The lowest BCUT2D eigenvalue weighted by Gasteiger charge is -2.13. The van der Waals surface area contributed by atoms with Crippen molar-refractivity contribution in [2.75, 3.05) is 37.9 Å². The average Bonchev–Trinajstić information content (AvgIpc) is 2.42. The molecular weight excluding hydrogens is 278 g/mol. The fraction of sp³-hybridized carbons (Fsp3) is 0.583.